The molecule has 0 aromatic heterocycles. The molecule has 2 aliphatic rings. The minimum atomic E-state index is -4.13. The van der Waals surface area contributed by atoms with Gasteiger partial charge < -0.3 is 15.5 Å². The maximum atomic E-state index is 12.5. The Morgan fingerprint density at radius 3 is 2.41 bits per heavy atom. The van der Waals surface area contributed by atoms with Gasteiger partial charge in [-0.05, 0) is 26.8 Å². The van der Waals surface area contributed by atoms with Crippen LogP contribution in [-0.4, -0.2) is 104 Å². The molecule has 2 aliphatic heterocycles. The smallest absolute Gasteiger partial charge is 0.357 e. The molecule has 2 fully saturated rings. The minimum Gasteiger partial charge on any atom is -0.357 e. The van der Waals surface area contributed by atoms with Crippen LogP contribution >= 0.6 is 0 Å². The van der Waals surface area contributed by atoms with E-state index in [1.807, 2.05) is 6.92 Å². The lowest BCUT2D eigenvalue weighted by Crippen LogP contribution is -2.50. The summed E-state index contributed by atoms with van der Waals surface area (Å²) in [5, 5.41) is 6.53. The summed E-state index contributed by atoms with van der Waals surface area (Å²) < 4.78 is 37.6. The van der Waals surface area contributed by atoms with E-state index in [0.29, 0.717) is 38.1 Å². The minimum absolute atomic E-state index is 0.00792. The largest absolute Gasteiger partial charge is 0.401 e. The van der Waals surface area contributed by atoms with Crippen LogP contribution in [0.15, 0.2) is 4.99 Å². The summed E-state index contributed by atoms with van der Waals surface area (Å²) in [7, 11) is 0. The lowest BCUT2D eigenvalue weighted by Gasteiger charge is -2.37. The van der Waals surface area contributed by atoms with Crippen molar-refractivity contribution in [1.82, 2.24) is 25.3 Å². The average Bonchev–Trinajstić information content (AvgIpc) is 3.04. The van der Waals surface area contributed by atoms with Crippen LogP contribution in [0.2, 0.25) is 0 Å². The lowest BCUT2D eigenvalue weighted by atomic mass is 10.2. The van der Waals surface area contributed by atoms with Crippen LogP contribution in [0.5, 0.6) is 0 Å². The Kier molecular flexibility index (Phi) is 8.62. The van der Waals surface area contributed by atoms with E-state index in [1.165, 1.54) is 4.90 Å². The monoisotopic (exact) mass is 392 g/mol. The van der Waals surface area contributed by atoms with Gasteiger partial charge in [-0.1, -0.05) is 6.92 Å². The topological polar surface area (TPSA) is 46.1 Å². The van der Waals surface area contributed by atoms with Gasteiger partial charge in [0.2, 0.25) is 0 Å². The number of guanidine groups is 1. The highest BCUT2D eigenvalue weighted by molar-refractivity contribution is 5.80. The highest BCUT2D eigenvalue weighted by Crippen LogP contribution is 2.19. The third-order valence-corrected chi connectivity index (χ3v) is 5.35. The molecular weight excluding hydrogens is 357 g/mol. The summed E-state index contributed by atoms with van der Waals surface area (Å²) >= 11 is 0. The molecule has 0 aromatic carbocycles. The Balaban J connectivity index is 1.80. The van der Waals surface area contributed by atoms with Crippen molar-refractivity contribution >= 4 is 5.96 Å². The van der Waals surface area contributed by atoms with E-state index in [2.05, 4.69) is 39.3 Å². The molecule has 0 radical (unpaired) electrons. The van der Waals surface area contributed by atoms with E-state index in [1.54, 1.807) is 0 Å². The average molecular weight is 393 g/mol. The number of halogens is 3. The lowest BCUT2D eigenvalue weighted by molar-refractivity contribution is -0.143. The van der Waals surface area contributed by atoms with Gasteiger partial charge in [-0.15, -0.1) is 0 Å². The predicted molar refractivity (Wildman–Crippen MR) is 103 cm³/mol. The quantitative estimate of drug-likeness (QED) is 0.504. The van der Waals surface area contributed by atoms with E-state index in [9.17, 15) is 13.2 Å². The second-order valence-electron chi connectivity index (χ2n) is 7.52. The maximum absolute atomic E-state index is 12.5. The van der Waals surface area contributed by atoms with Crippen molar-refractivity contribution in [2.24, 2.45) is 4.99 Å². The molecule has 2 rings (SSSR count). The summed E-state index contributed by atoms with van der Waals surface area (Å²) in [6, 6.07) is 0.360. The van der Waals surface area contributed by atoms with Gasteiger partial charge in [-0.3, -0.25) is 14.8 Å². The van der Waals surface area contributed by atoms with Gasteiger partial charge in [-0.2, -0.15) is 13.2 Å². The Morgan fingerprint density at radius 2 is 1.81 bits per heavy atom. The molecule has 9 heteroatoms. The number of rotatable bonds is 7. The molecule has 158 valence electrons. The van der Waals surface area contributed by atoms with Gasteiger partial charge in [0.05, 0.1) is 13.1 Å². The van der Waals surface area contributed by atoms with Crippen molar-refractivity contribution in [1.29, 1.82) is 0 Å². The fourth-order valence-corrected chi connectivity index (χ4v) is 3.72. The zero-order valence-corrected chi connectivity index (χ0v) is 16.9. The summed E-state index contributed by atoms with van der Waals surface area (Å²) in [5.41, 5.74) is 0. The number of hydrogen-bond acceptors (Lipinski definition) is 4. The van der Waals surface area contributed by atoms with Crippen LogP contribution < -0.4 is 10.6 Å². The van der Waals surface area contributed by atoms with Crippen molar-refractivity contribution in [3.05, 3.63) is 0 Å². The molecule has 2 heterocycles. The fraction of sp³-hybridized carbons (Fsp3) is 0.944. The molecule has 2 saturated heterocycles. The van der Waals surface area contributed by atoms with Crippen LogP contribution in [0.4, 0.5) is 13.2 Å². The molecule has 2 N–H and O–H groups in total. The molecule has 0 spiro atoms. The number of likely N-dealkylation sites (tertiary alicyclic amines) is 1. The summed E-state index contributed by atoms with van der Waals surface area (Å²) in [6.45, 7) is 13.2. The number of alkyl halides is 3. The van der Waals surface area contributed by atoms with Gasteiger partial charge in [0.1, 0.15) is 0 Å². The van der Waals surface area contributed by atoms with Gasteiger partial charge in [0.15, 0.2) is 5.96 Å². The van der Waals surface area contributed by atoms with E-state index >= 15 is 0 Å². The van der Waals surface area contributed by atoms with Gasteiger partial charge in [0.25, 0.3) is 0 Å². The van der Waals surface area contributed by atoms with E-state index in [-0.39, 0.29) is 6.04 Å². The Morgan fingerprint density at radius 1 is 1.11 bits per heavy atom. The highest BCUT2D eigenvalue weighted by Gasteiger charge is 2.34. The first kappa shape index (κ1) is 22.2. The van der Waals surface area contributed by atoms with Crippen LogP contribution in [0.1, 0.15) is 27.2 Å². The van der Waals surface area contributed by atoms with Crippen molar-refractivity contribution in [2.45, 2.75) is 45.5 Å². The molecule has 0 aliphatic carbocycles. The summed E-state index contributed by atoms with van der Waals surface area (Å²) in [5.74, 6) is 0.704. The SMILES string of the molecule is CCNC(=NCC(C)N1CCN(CC)CC1)NC1CCN(CC(F)(F)F)C1. The van der Waals surface area contributed by atoms with Crippen molar-refractivity contribution in [3.8, 4) is 0 Å². The number of piperazine rings is 1. The third kappa shape index (κ3) is 7.83. The predicted octanol–water partition coefficient (Wildman–Crippen LogP) is 1.20. The second-order valence-corrected chi connectivity index (χ2v) is 7.52. The number of likely N-dealkylation sites (N-methyl/N-ethyl adjacent to an activating group) is 1. The van der Waals surface area contributed by atoms with Gasteiger partial charge in [0, 0.05) is 57.9 Å². The van der Waals surface area contributed by atoms with Crippen LogP contribution in [0, 0.1) is 0 Å². The second kappa shape index (κ2) is 10.5. The fourth-order valence-electron chi connectivity index (χ4n) is 3.72. The molecule has 6 nitrogen and oxygen atoms in total. The highest BCUT2D eigenvalue weighted by atomic mass is 19.4. The third-order valence-electron chi connectivity index (χ3n) is 5.35. The molecule has 0 amide bonds. The summed E-state index contributed by atoms with van der Waals surface area (Å²) in [4.78, 5) is 11.1. The zero-order chi connectivity index (χ0) is 19.9. The molecule has 27 heavy (non-hydrogen) atoms. The normalized spacial score (nSPS) is 25.0. The molecule has 0 saturated carbocycles. The van der Waals surface area contributed by atoms with E-state index < -0.39 is 12.7 Å². The standard InChI is InChI=1S/C18H35F3N6/c1-4-22-17(24-16-6-7-26(13-16)14-18(19,20)21)23-12-15(3)27-10-8-25(5-2)9-11-27/h15-16H,4-14H2,1-3H3,(H2,22,23,24). The number of nitrogens with one attached hydrogen (secondary N) is 2. The van der Waals surface area contributed by atoms with Crippen molar-refractivity contribution < 1.29 is 13.2 Å². The van der Waals surface area contributed by atoms with Gasteiger partial charge >= 0.3 is 6.18 Å². The number of nitrogens with zero attached hydrogens (tertiary/aromatic N) is 4. The van der Waals surface area contributed by atoms with E-state index in [4.69, 9.17) is 0 Å². The number of aliphatic imine (C=N–C) groups is 1. The molecule has 0 aromatic rings. The van der Waals surface area contributed by atoms with Crippen molar-refractivity contribution in [2.75, 3.05) is 65.4 Å². The summed E-state index contributed by atoms with van der Waals surface area (Å²) in [6.07, 6.45) is -3.43. The van der Waals surface area contributed by atoms with Crippen LogP contribution in [0.25, 0.3) is 0 Å². The first-order valence-corrected chi connectivity index (χ1v) is 10.1. The van der Waals surface area contributed by atoms with E-state index in [0.717, 1.165) is 39.3 Å². The van der Waals surface area contributed by atoms with Crippen LogP contribution in [-0.2, 0) is 0 Å². The van der Waals surface area contributed by atoms with Gasteiger partial charge in [-0.25, -0.2) is 0 Å². The first-order chi connectivity index (χ1) is 12.8. The molecule has 2 unspecified atom stereocenters. The zero-order valence-electron chi connectivity index (χ0n) is 16.9. The van der Waals surface area contributed by atoms with Crippen LogP contribution in [0.3, 0.4) is 0 Å². The Labute approximate surface area is 161 Å². The molecule has 0 bridgehead atoms. The first-order valence-electron chi connectivity index (χ1n) is 10.1. The molecule has 2 atom stereocenters. The molecular formula is C18H35F3N6. The maximum Gasteiger partial charge on any atom is 0.401 e. The number of hydrogen-bond donors (Lipinski definition) is 2. The van der Waals surface area contributed by atoms with Crippen molar-refractivity contribution in [3.63, 3.8) is 0 Å². The Hall–Kier alpha value is -1.06. The Bertz CT molecular complexity index is 463.